The third-order valence-corrected chi connectivity index (χ3v) is 5.99. The summed E-state index contributed by atoms with van der Waals surface area (Å²) < 4.78 is 16.6. The number of hydrogen-bond acceptors (Lipinski definition) is 6. The number of aromatic nitrogens is 1. The fourth-order valence-corrected chi connectivity index (χ4v) is 4.04. The molecule has 1 saturated heterocycles. The summed E-state index contributed by atoms with van der Waals surface area (Å²) in [5, 5.41) is 2.89. The first-order chi connectivity index (χ1) is 16.1. The van der Waals surface area contributed by atoms with Gasteiger partial charge < -0.3 is 19.2 Å². The van der Waals surface area contributed by atoms with Gasteiger partial charge in [-0.15, -0.1) is 0 Å². The van der Waals surface area contributed by atoms with Crippen LogP contribution in [-0.4, -0.2) is 42.2 Å². The van der Waals surface area contributed by atoms with E-state index in [1.165, 1.54) is 11.8 Å². The van der Waals surface area contributed by atoms with Crippen LogP contribution in [0.4, 0.5) is 0 Å². The molecule has 2 atom stereocenters. The molecule has 0 radical (unpaired) electrons. The van der Waals surface area contributed by atoms with E-state index in [1.807, 2.05) is 36.4 Å². The summed E-state index contributed by atoms with van der Waals surface area (Å²) in [5.41, 5.74) is 2.61. The predicted octanol–water partition coefficient (Wildman–Crippen LogP) is 4.36. The maximum Gasteiger partial charge on any atom is 0.273 e. The summed E-state index contributed by atoms with van der Waals surface area (Å²) in [4.78, 5) is 19.2. The fourth-order valence-electron chi connectivity index (χ4n) is 4.04. The molecule has 1 fully saturated rings. The predicted molar refractivity (Wildman–Crippen MR) is 125 cm³/mol. The highest BCUT2D eigenvalue weighted by Gasteiger charge is 2.22. The van der Waals surface area contributed by atoms with E-state index in [9.17, 15) is 4.79 Å². The van der Waals surface area contributed by atoms with E-state index in [0.29, 0.717) is 25.5 Å². The normalized spacial score (nSPS) is 16.6. The second-order valence-electron chi connectivity index (χ2n) is 8.31. The molecule has 1 N–H and O–H groups in total. The molecule has 33 heavy (non-hydrogen) atoms. The SMILES string of the molecule is COc1cccc(CN(Cc2nc(C(=O)NC[C@@H]3CCCO3)co2)[C@@H](C)c2ccccc2)c1. The van der Waals surface area contributed by atoms with Crippen molar-refractivity contribution in [1.29, 1.82) is 0 Å². The first kappa shape index (κ1) is 23.0. The molecule has 0 aliphatic carbocycles. The Kier molecular flexibility index (Phi) is 7.75. The number of amides is 1. The summed E-state index contributed by atoms with van der Waals surface area (Å²) in [5.74, 6) is 1.08. The zero-order chi connectivity index (χ0) is 23.0. The fraction of sp³-hybridized carbons (Fsp3) is 0.385. The van der Waals surface area contributed by atoms with Crippen LogP contribution < -0.4 is 10.1 Å². The van der Waals surface area contributed by atoms with Gasteiger partial charge in [-0.25, -0.2) is 4.98 Å². The van der Waals surface area contributed by atoms with Gasteiger partial charge in [-0.05, 0) is 43.0 Å². The van der Waals surface area contributed by atoms with Gasteiger partial charge in [0.2, 0.25) is 5.89 Å². The number of benzene rings is 2. The lowest BCUT2D eigenvalue weighted by atomic mass is 10.1. The molecule has 1 aliphatic rings. The van der Waals surface area contributed by atoms with Crippen molar-refractivity contribution in [3.63, 3.8) is 0 Å². The van der Waals surface area contributed by atoms with Gasteiger partial charge in [-0.2, -0.15) is 0 Å². The summed E-state index contributed by atoms with van der Waals surface area (Å²) in [7, 11) is 1.67. The van der Waals surface area contributed by atoms with E-state index in [-0.39, 0.29) is 23.7 Å². The molecular weight excluding hydrogens is 418 g/mol. The molecule has 1 aromatic heterocycles. The summed E-state index contributed by atoms with van der Waals surface area (Å²) in [6.45, 7) is 4.56. The van der Waals surface area contributed by atoms with Crippen LogP contribution in [0.25, 0.3) is 0 Å². The molecule has 0 spiro atoms. The Hall–Kier alpha value is -3.16. The highest BCUT2D eigenvalue weighted by Crippen LogP contribution is 2.25. The minimum atomic E-state index is -0.240. The van der Waals surface area contributed by atoms with Crippen LogP contribution in [0.2, 0.25) is 0 Å². The molecule has 1 aliphatic heterocycles. The number of hydrogen-bond donors (Lipinski definition) is 1. The Balaban J connectivity index is 1.47. The lowest BCUT2D eigenvalue weighted by Gasteiger charge is -2.28. The van der Waals surface area contributed by atoms with Gasteiger partial charge >= 0.3 is 0 Å². The van der Waals surface area contributed by atoms with Gasteiger partial charge in [0.25, 0.3) is 5.91 Å². The summed E-state index contributed by atoms with van der Waals surface area (Å²) >= 11 is 0. The van der Waals surface area contributed by atoms with Crippen molar-refractivity contribution in [3.05, 3.63) is 83.6 Å². The molecular formula is C26H31N3O4. The molecule has 2 aromatic carbocycles. The molecule has 174 valence electrons. The van der Waals surface area contributed by atoms with E-state index in [1.54, 1.807) is 7.11 Å². The van der Waals surface area contributed by atoms with Crippen molar-refractivity contribution in [1.82, 2.24) is 15.2 Å². The lowest BCUT2D eigenvalue weighted by Crippen LogP contribution is -2.32. The molecule has 1 amide bonds. The number of methoxy groups -OCH3 is 1. The van der Waals surface area contributed by atoms with Crippen LogP contribution >= 0.6 is 0 Å². The number of carbonyl (C=O) groups excluding carboxylic acids is 1. The third kappa shape index (κ3) is 6.21. The van der Waals surface area contributed by atoms with E-state index >= 15 is 0 Å². The number of oxazole rings is 1. The van der Waals surface area contributed by atoms with Crippen LogP contribution in [0.5, 0.6) is 5.75 Å². The Labute approximate surface area is 194 Å². The van der Waals surface area contributed by atoms with Crippen molar-refractivity contribution in [2.24, 2.45) is 0 Å². The van der Waals surface area contributed by atoms with Crippen molar-refractivity contribution in [3.8, 4) is 5.75 Å². The maximum atomic E-state index is 12.5. The number of nitrogens with zero attached hydrogens (tertiary/aromatic N) is 2. The Morgan fingerprint density at radius 2 is 2.06 bits per heavy atom. The Morgan fingerprint density at radius 3 is 2.82 bits per heavy atom. The maximum absolute atomic E-state index is 12.5. The first-order valence-electron chi connectivity index (χ1n) is 11.4. The zero-order valence-electron chi connectivity index (χ0n) is 19.2. The second-order valence-corrected chi connectivity index (χ2v) is 8.31. The summed E-state index contributed by atoms with van der Waals surface area (Å²) in [6, 6.07) is 18.5. The number of ether oxygens (including phenoxy) is 2. The van der Waals surface area contributed by atoms with Crippen LogP contribution in [0.15, 0.2) is 65.3 Å². The van der Waals surface area contributed by atoms with E-state index < -0.39 is 0 Å². The van der Waals surface area contributed by atoms with Gasteiger partial charge in [0.15, 0.2) is 5.69 Å². The van der Waals surface area contributed by atoms with E-state index in [4.69, 9.17) is 13.9 Å². The minimum Gasteiger partial charge on any atom is -0.497 e. The largest absolute Gasteiger partial charge is 0.497 e. The van der Waals surface area contributed by atoms with Gasteiger partial charge in [-0.3, -0.25) is 9.69 Å². The van der Waals surface area contributed by atoms with E-state index in [2.05, 4.69) is 40.3 Å². The van der Waals surface area contributed by atoms with Gasteiger partial charge in [-0.1, -0.05) is 42.5 Å². The molecule has 0 bridgehead atoms. The molecule has 3 aromatic rings. The molecule has 0 unspecified atom stereocenters. The topological polar surface area (TPSA) is 76.8 Å². The van der Waals surface area contributed by atoms with Gasteiger partial charge in [0, 0.05) is 25.7 Å². The standard InChI is InChI=1S/C26H31N3O4/c1-19(21-9-4-3-5-10-21)29(16-20-8-6-11-22(14-20)31-2)17-25-28-24(18-33-25)26(30)27-15-23-12-7-13-32-23/h3-6,8-11,14,18-19,23H,7,12-13,15-17H2,1-2H3,(H,27,30)/t19-,23-/m0/s1. The van der Waals surface area contributed by atoms with Crippen LogP contribution in [0, 0.1) is 0 Å². The quantitative estimate of drug-likeness (QED) is 0.496. The first-order valence-corrected chi connectivity index (χ1v) is 11.4. The smallest absolute Gasteiger partial charge is 0.273 e. The van der Waals surface area contributed by atoms with Gasteiger partial charge in [0.05, 0.1) is 19.8 Å². The highest BCUT2D eigenvalue weighted by atomic mass is 16.5. The molecule has 2 heterocycles. The average molecular weight is 450 g/mol. The van der Waals surface area contributed by atoms with Crippen molar-refractivity contribution < 1.29 is 18.7 Å². The van der Waals surface area contributed by atoms with E-state index in [0.717, 1.165) is 30.8 Å². The van der Waals surface area contributed by atoms with Crippen LogP contribution in [0.3, 0.4) is 0 Å². The van der Waals surface area contributed by atoms with Crippen LogP contribution in [0.1, 0.15) is 53.3 Å². The molecule has 7 heteroatoms. The number of carbonyl (C=O) groups is 1. The lowest BCUT2D eigenvalue weighted by molar-refractivity contribution is 0.0853. The summed E-state index contributed by atoms with van der Waals surface area (Å²) in [6.07, 6.45) is 3.53. The van der Waals surface area contributed by atoms with Crippen molar-refractivity contribution >= 4 is 5.91 Å². The zero-order valence-corrected chi connectivity index (χ0v) is 19.2. The Bertz CT molecular complexity index is 1030. The van der Waals surface area contributed by atoms with Gasteiger partial charge in [0.1, 0.15) is 12.0 Å². The molecule has 7 nitrogen and oxygen atoms in total. The van der Waals surface area contributed by atoms with Crippen molar-refractivity contribution in [2.75, 3.05) is 20.3 Å². The number of nitrogens with one attached hydrogen (secondary N) is 1. The number of rotatable bonds is 10. The van der Waals surface area contributed by atoms with Crippen molar-refractivity contribution in [2.45, 2.75) is 45.0 Å². The second kappa shape index (κ2) is 11.1. The monoisotopic (exact) mass is 449 g/mol. The Morgan fingerprint density at radius 1 is 1.21 bits per heavy atom. The minimum absolute atomic E-state index is 0.0883. The molecule has 4 rings (SSSR count). The molecule has 0 saturated carbocycles. The average Bonchev–Trinajstić information content (AvgIpc) is 3.55. The third-order valence-electron chi connectivity index (χ3n) is 5.99. The van der Waals surface area contributed by atoms with Crippen LogP contribution in [-0.2, 0) is 17.8 Å². The highest BCUT2D eigenvalue weighted by molar-refractivity contribution is 5.91.